The van der Waals surface area contributed by atoms with Crippen LogP contribution in [0.4, 0.5) is 0 Å². The number of benzene rings is 1. The van der Waals surface area contributed by atoms with Crippen molar-refractivity contribution in [1.82, 2.24) is 4.98 Å². The molecule has 0 atom stereocenters. The number of hydrogen-bond acceptors (Lipinski definition) is 3. The van der Waals surface area contributed by atoms with Crippen molar-refractivity contribution in [2.45, 2.75) is 12.8 Å². The van der Waals surface area contributed by atoms with Gasteiger partial charge in [0.05, 0.1) is 17.3 Å². The van der Waals surface area contributed by atoms with E-state index in [-0.39, 0.29) is 0 Å². The largest absolute Gasteiger partial charge is 0.455 e. The lowest BCUT2D eigenvalue weighted by Crippen LogP contribution is -1.91. The van der Waals surface area contributed by atoms with Crippen LogP contribution in [0.2, 0.25) is 0 Å². The average molecular weight is 222 g/mol. The van der Waals surface area contributed by atoms with Gasteiger partial charge in [-0.2, -0.15) is 5.26 Å². The minimum Gasteiger partial charge on any atom is -0.455 e. The normalized spacial score (nSPS) is 12.6. The van der Waals surface area contributed by atoms with Crippen molar-refractivity contribution in [3.63, 3.8) is 0 Å². The number of ether oxygens (including phenoxy) is 1. The van der Waals surface area contributed by atoms with Crippen molar-refractivity contribution in [2.24, 2.45) is 0 Å². The molecule has 1 aliphatic rings. The van der Waals surface area contributed by atoms with E-state index in [0.29, 0.717) is 5.56 Å². The zero-order valence-electron chi connectivity index (χ0n) is 9.18. The molecule has 0 saturated carbocycles. The number of hydrogen-bond donors (Lipinski definition) is 0. The van der Waals surface area contributed by atoms with E-state index in [1.54, 1.807) is 12.3 Å². The third kappa shape index (κ3) is 1.74. The van der Waals surface area contributed by atoms with Crippen LogP contribution in [0.1, 0.15) is 16.8 Å². The molecule has 3 heteroatoms. The molecule has 0 spiro atoms. The summed E-state index contributed by atoms with van der Waals surface area (Å²) in [5.74, 6) is 1.65. The van der Waals surface area contributed by atoms with E-state index in [2.05, 4.69) is 11.1 Å². The van der Waals surface area contributed by atoms with Crippen LogP contribution in [0.15, 0.2) is 36.5 Å². The Bertz CT molecular complexity index is 614. The lowest BCUT2D eigenvalue weighted by Gasteiger charge is -2.07. The fourth-order valence-corrected chi connectivity index (χ4v) is 2.02. The molecule has 3 rings (SSSR count). The fraction of sp³-hybridized carbons (Fsp3) is 0.143. The minimum atomic E-state index is 0.672. The molecule has 0 aliphatic carbocycles. The van der Waals surface area contributed by atoms with Crippen LogP contribution in [-0.2, 0) is 12.8 Å². The van der Waals surface area contributed by atoms with Gasteiger partial charge in [0.2, 0.25) is 0 Å². The molecule has 2 heterocycles. The molecule has 17 heavy (non-hydrogen) atoms. The Morgan fingerprint density at radius 2 is 2.12 bits per heavy atom. The highest BCUT2D eigenvalue weighted by atomic mass is 16.5. The van der Waals surface area contributed by atoms with E-state index >= 15 is 0 Å². The Morgan fingerprint density at radius 3 is 3.00 bits per heavy atom. The van der Waals surface area contributed by atoms with Crippen molar-refractivity contribution >= 4 is 0 Å². The zero-order valence-corrected chi connectivity index (χ0v) is 9.18. The number of rotatable bonds is 0. The van der Waals surface area contributed by atoms with Crippen molar-refractivity contribution < 1.29 is 4.74 Å². The highest BCUT2D eigenvalue weighted by Crippen LogP contribution is 2.32. The summed E-state index contributed by atoms with van der Waals surface area (Å²) in [6.45, 7) is 0. The first-order chi connectivity index (χ1) is 8.36. The fourth-order valence-electron chi connectivity index (χ4n) is 2.02. The SMILES string of the molecule is N#Cc1ccc2c(c1)CCc1ncccc1O2. The Hall–Kier alpha value is -2.34. The van der Waals surface area contributed by atoms with E-state index in [1.807, 2.05) is 24.3 Å². The zero-order chi connectivity index (χ0) is 11.7. The summed E-state index contributed by atoms with van der Waals surface area (Å²) >= 11 is 0. The lowest BCUT2D eigenvalue weighted by atomic mass is 10.1. The van der Waals surface area contributed by atoms with Gasteiger partial charge < -0.3 is 4.74 Å². The maximum absolute atomic E-state index is 8.88. The summed E-state index contributed by atoms with van der Waals surface area (Å²) in [5, 5.41) is 8.88. The van der Waals surface area contributed by atoms with Crippen molar-refractivity contribution in [1.29, 1.82) is 5.26 Å². The average Bonchev–Trinajstić information content (AvgIpc) is 2.57. The molecule has 1 aromatic heterocycles. The molecule has 0 N–H and O–H groups in total. The van der Waals surface area contributed by atoms with E-state index < -0.39 is 0 Å². The number of nitriles is 1. The maximum atomic E-state index is 8.88. The molecule has 0 fully saturated rings. The smallest absolute Gasteiger partial charge is 0.148 e. The standard InChI is InChI=1S/C14H10N2O/c15-9-10-3-6-13-11(8-10)4-5-12-14(17-13)2-1-7-16-12/h1-3,6-8H,4-5H2. The molecule has 0 amide bonds. The molecule has 1 aliphatic heterocycles. The second-order valence-electron chi connectivity index (χ2n) is 3.98. The number of aryl methyl sites for hydroxylation is 2. The van der Waals surface area contributed by atoms with Gasteiger partial charge in [0.15, 0.2) is 0 Å². The van der Waals surface area contributed by atoms with Crippen molar-refractivity contribution in [2.75, 3.05) is 0 Å². The van der Waals surface area contributed by atoms with Crippen molar-refractivity contribution in [3.05, 3.63) is 53.3 Å². The summed E-state index contributed by atoms with van der Waals surface area (Å²) in [6.07, 6.45) is 3.48. The predicted molar refractivity (Wildman–Crippen MR) is 62.9 cm³/mol. The van der Waals surface area contributed by atoms with Gasteiger partial charge >= 0.3 is 0 Å². The molecule has 3 nitrogen and oxygen atoms in total. The molecule has 0 saturated heterocycles. The molecule has 0 bridgehead atoms. The van der Waals surface area contributed by atoms with E-state index in [1.165, 1.54) is 0 Å². The van der Waals surface area contributed by atoms with Crippen LogP contribution in [-0.4, -0.2) is 4.98 Å². The van der Waals surface area contributed by atoms with E-state index in [4.69, 9.17) is 10.00 Å². The summed E-state index contributed by atoms with van der Waals surface area (Å²) in [6, 6.07) is 11.5. The molecule has 0 unspecified atom stereocenters. The Labute approximate surface area is 99.3 Å². The Kier molecular flexibility index (Phi) is 2.27. The molecule has 0 radical (unpaired) electrons. The summed E-state index contributed by atoms with van der Waals surface area (Å²) in [7, 11) is 0. The molecule has 2 aromatic rings. The predicted octanol–water partition coefficient (Wildman–Crippen LogP) is 2.84. The van der Waals surface area contributed by atoms with Gasteiger partial charge in [-0.1, -0.05) is 0 Å². The van der Waals surface area contributed by atoms with Crippen LogP contribution >= 0.6 is 0 Å². The van der Waals surface area contributed by atoms with Gasteiger partial charge in [0, 0.05) is 6.20 Å². The quantitative estimate of drug-likeness (QED) is 0.688. The maximum Gasteiger partial charge on any atom is 0.148 e. The van der Waals surface area contributed by atoms with E-state index in [0.717, 1.165) is 35.6 Å². The monoisotopic (exact) mass is 222 g/mol. The Balaban J connectivity index is 2.07. The molecule has 82 valence electrons. The number of nitrogens with zero attached hydrogens (tertiary/aromatic N) is 2. The Morgan fingerprint density at radius 1 is 1.18 bits per heavy atom. The topological polar surface area (TPSA) is 45.9 Å². The first-order valence-corrected chi connectivity index (χ1v) is 5.51. The van der Waals surface area contributed by atoms with Crippen LogP contribution in [0, 0.1) is 11.3 Å². The van der Waals surface area contributed by atoms with E-state index in [9.17, 15) is 0 Å². The summed E-state index contributed by atoms with van der Waals surface area (Å²) in [4.78, 5) is 4.31. The second-order valence-corrected chi connectivity index (χ2v) is 3.98. The summed E-state index contributed by atoms with van der Waals surface area (Å²) < 4.78 is 5.83. The van der Waals surface area contributed by atoms with Gasteiger partial charge in [-0.25, -0.2) is 0 Å². The van der Waals surface area contributed by atoms with Crippen LogP contribution in [0.3, 0.4) is 0 Å². The minimum absolute atomic E-state index is 0.672. The molecule has 1 aromatic carbocycles. The third-order valence-electron chi connectivity index (χ3n) is 2.89. The highest BCUT2D eigenvalue weighted by molar-refractivity contribution is 5.46. The van der Waals surface area contributed by atoms with Gasteiger partial charge in [-0.15, -0.1) is 0 Å². The molecular weight excluding hydrogens is 212 g/mol. The van der Waals surface area contributed by atoms with Crippen LogP contribution in [0.25, 0.3) is 0 Å². The number of aromatic nitrogens is 1. The van der Waals surface area contributed by atoms with Gasteiger partial charge in [0.1, 0.15) is 11.5 Å². The summed E-state index contributed by atoms with van der Waals surface area (Å²) in [5.41, 5.74) is 2.72. The second kappa shape index (κ2) is 3.91. The first kappa shape index (κ1) is 9.86. The van der Waals surface area contributed by atoms with Crippen LogP contribution in [0.5, 0.6) is 11.5 Å². The van der Waals surface area contributed by atoms with Crippen LogP contribution < -0.4 is 4.74 Å². The van der Waals surface area contributed by atoms with Gasteiger partial charge in [0.25, 0.3) is 0 Å². The molecular formula is C14H10N2O. The van der Waals surface area contributed by atoms with Crippen molar-refractivity contribution in [3.8, 4) is 17.6 Å². The third-order valence-corrected chi connectivity index (χ3v) is 2.89. The number of pyridine rings is 1. The van der Waals surface area contributed by atoms with Gasteiger partial charge in [-0.05, 0) is 48.7 Å². The number of fused-ring (bicyclic) bond motifs is 2. The lowest BCUT2D eigenvalue weighted by molar-refractivity contribution is 0.476. The highest BCUT2D eigenvalue weighted by Gasteiger charge is 2.15. The van der Waals surface area contributed by atoms with Gasteiger partial charge in [-0.3, -0.25) is 4.98 Å². The first-order valence-electron chi connectivity index (χ1n) is 5.51.